The zero-order valence-electron chi connectivity index (χ0n) is 65.6. The van der Waals surface area contributed by atoms with Gasteiger partial charge in [-0.2, -0.15) is 4.72 Å². The number of amides is 8. The minimum absolute atomic E-state index is 0.0355. The third kappa shape index (κ3) is 20.2. The van der Waals surface area contributed by atoms with Crippen molar-refractivity contribution in [3.8, 4) is 11.5 Å². The van der Waals surface area contributed by atoms with Gasteiger partial charge in [0.15, 0.2) is 0 Å². The number of fused-ring (bicyclic) bond motifs is 2. The summed E-state index contributed by atoms with van der Waals surface area (Å²) in [5.74, 6) is -5.72. The third-order valence-electron chi connectivity index (χ3n) is 21.5. The van der Waals surface area contributed by atoms with Gasteiger partial charge in [0.25, 0.3) is 0 Å². The van der Waals surface area contributed by atoms with Crippen LogP contribution in [0, 0.1) is 10.8 Å². The molecule has 32 heteroatoms. The van der Waals surface area contributed by atoms with Gasteiger partial charge in [0.1, 0.15) is 78.4 Å². The highest BCUT2D eigenvalue weighted by Crippen LogP contribution is 2.35. The summed E-state index contributed by atoms with van der Waals surface area (Å²) < 4.78 is 46.2. The topological polar surface area (TPSA) is 403 Å². The van der Waals surface area contributed by atoms with Crippen LogP contribution in [0.25, 0.3) is 21.5 Å². The van der Waals surface area contributed by atoms with Crippen LogP contribution in [0.15, 0.2) is 146 Å². The van der Waals surface area contributed by atoms with E-state index in [0.717, 1.165) is 21.5 Å². The first-order valence-electron chi connectivity index (χ1n) is 38.5. The lowest BCUT2D eigenvalue weighted by molar-refractivity contribution is -0.145. The highest BCUT2D eigenvalue weighted by molar-refractivity contribution is 7.90. The first kappa shape index (κ1) is 82.2. The second-order valence-corrected chi connectivity index (χ2v) is 34.3. The average Bonchev–Trinajstić information content (AvgIpc) is 1.62. The van der Waals surface area contributed by atoms with E-state index in [1.165, 1.54) is 19.2 Å². The number of likely N-dealkylation sites (N-methyl/N-ethyl adjacent to an activating group) is 2. The Morgan fingerprint density at radius 2 is 0.956 bits per heavy atom. The highest BCUT2D eigenvalue weighted by atomic mass is 32.2. The SMILES string of the molecule is CN[C@@H](C)C(=O)N[C@H](C(=O)N1C[C@@H]2C[C@H]1C(=O)N[C@@H](Cc1ccc3ccccc3c1)C(=O)N[C@H](NS(=O)(=O)C1CC1)Cc1ccc(cc1)OCc1cn(nn1)[C@H]1C[C@@H](C(=O)N[C@@H](Cc3ccc4ccccc4c3)C(=O)N[C@H](C(=O)O)Cc3ccc(cc3)OCc3cn2nn3)N(C(=O)[C@@H](NC(=O)[C@H](C)NC)C(C)(C)C)C1)C(C)(C)C. The van der Waals surface area contributed by atoms with Crippen LogP contribution in [-0.2, 0) is 92.1 Å². The molecule has 7 aliphatic rings. The maximum absolute atomic E-state index is 15.5. The minimum atomic E-state index is -3.99. The normalized spacial score (nSPS) is 22.2. The van der Waals surface area contributed by atoms with Crippen molar-refractivity contribution < 1.29 is 66.1 Å². The Bertz CT molecular complexity index is 4980. The van der Waals surface area contributed by atoms with Crippen molar-refractivity contribution in [3.63, 3.8) is 0 Å². The number of nitrogens with one attached hydrogen (secondary N) is 9. The summed E-state index contributed by atoms with van der Waals surface area (Å²) in [6, 6.07) is 27.8. The number of aliphatic carboxylic acids is 1. The number of nitrogens with zero attached hydrogens (tertiary/aromatic N) is 8. The fraction of sp³-hybridized carbons (Fsp3) is 0.451. The monoisotopic (exact) mass is 1580 g/mol. The van der Waals surface area contributed by atoms with Gasteiger partial charge in [0.05, 0.1) is 48.0 Å². The molecule has 0 radical (unpaired) electrons. The van der Waals surface area contributed by atoms with Crippen LogP contribution < -0.4 is 56.7 Å². The summed E-state index contributed by atoms with van der Waals surface area (Å²) in [4.78, 5) is 135. The lowest BCUT2D eigenvalue weighted by atomic mass is 9.85. The number of hydrogen-bond acceptors (Lipinski definition) is 19. The number of rotatable bonds is 16. The average molecular weight is 1580 g/mol. The van der Waals surface area contributed by atoms with E-state index in [1.807, 2.05) is 84.9 Å². The van der Waals surface area contributed by atoms with Gasteiger partial charge in [-0.05, 0) is 120 Å². The molecule has 114 heavy (non-hydrogen) atoms. The number of carbonyl (C=O) groups is 9. The molecule has 1 saturated carbocycles. The van der Waals surface area contributed by atoms with Gasteiger partial charge in [-0.25, -0.2) is 22.6 Å². The summed E-state index contributed by atoms with van der Waals surface area (Å²) >= 11 is 0. The Balaban J connectivity index is 0.882. The second-order valence-electron chi connectivity index (χ2n) is 32.3. The van der Waals surface area contributed by atoms with Gasteiger partial charge in [-0.3, -0.25) is 38.4 Å². The number of carboxylic acid groups (broad SMARTS) is 1. The molecule has 8 heterocycles. The van der Waals surface area contributed by atoms with E-state index in [-0.39, 0.29) is 64.8 Å². The largest absolute Gasteiger partial charge is 0.487 e. The number of carbonyl (C=O) groups excluding carboxylic acids is 8. The number of ether oxygens (including phenoxy) is 2. The Hall–Kier alpha value is -11.2. The minimum Gasteiger partial charge on any atom is -0.487 e. The van der Waals surface area contributed by atoms with Crippen molar-refractivity contribution in [2.75, 3.05) is 27.2 Å². The number of sulfonamides is 1. The lowest BCUT2D eigenvalue weighted by Gasteiger charge is -2.36. The summed E-state index contributed by atoms with van der Waals surface area (Å²) in [5.41, 5.74) is 1.28. The fourth-order valence-electron chi connectivity index (χ4n) is 14.5. The Morgan fingerprint density at radius 1 is 0.544 bits per heavy atom. The number of likely N-dealkylation sites (tertiary alicyclic amines) is 2. The molecule has 6 aliphatic heterocycles. The first-order chi connectivity index (χ1) is 54.3. The van der Waals surface area contributed by atoms with E-state index >= 15 is 24.0 Å². The molecule has 31 nitrogen and oxygen atoms in total. The number of benzene rings is 6. The van der Waals surface area contributed by atoms with Crippen molar-refractivity contribution >= 4 is 84.8 Å². The molecule has 8 aromatic rings. The first-order valence-corrected chi connectivity index (χ1v) is 40.0. The van der Waals surface area contributed by atoms with Gasteiger partial charge in [-0.1, -0.05) is 161 Å². The lowest BCUT2D eigenvalue weighted by Crippen LogP contribution is -2.61. The van der Waals surface area contributed by atoms with Gasteiger partial charge in [0, 0.05) is 51.6 Å². The van der Waals surface area contributed by atoms with E-state index in [9.17, 15) is 32.7 Å². The van der Waals surface area contributed by atoms with Gasteiger partial charge < -0.3 is 66.9 Å². The van der Waals surface area contributed by atoms with Crippen LogP contribution in [-0.4, -0.2) is 200 Å². The second kappa shape index (κ2) is 35.0. The molecule has 1 aliphatic carbocycles. The van der Waals surface area contributed by atoms with Crippen LogP contribution in [0.1, 0.15) is 127 Å². The van der Waals surface area contributed by atoms with Crippen molar-refractivity contribution in [2.24, 2.45) is 10.8 Å². The summed E-state index contributed by atoms with van der Waals surface area (Å²) in [6.45, 7) is 13.6. The van der Waals surface area contributed by atoms with Crippen LogP contribution in [0.3, 0.4) is 0 Å². The van der Waals surface area contributed by atoms with Crippen molar-refractivity contribution in [1.82, 2.24) is 87.0 Å². The predicted octanol–water partition coefficient (Wildman–Crippen LogP) is 4.24. The molecular weight excluding hydrogens is 1480 g/mol. The number of hydrogen-bond donors (Lipinski definition) is 10. The zero-order valence-corrected chi connectivity index (χ0v) is 66.4. The number of carboxylic acids is 1. The third-order valence-corrected chi connectivity index (χ3v) is 23.5. The van der Waals surface area contributed by atoms with Gasteiger partial charge >= 0.3 is 5.97 Å². The molecular formula is C82H101N17O14S. The summed E-state index contributed by atoms with van der Waals surface area (Å²) in [7, 11) is -0.764. The quantitative estimate of drug-likeness (QED) is 0.0646. The van der Waals surface area contributed by atoms with Crippen molar-refractivity contribution in [3.05, 3.63) is 179 Å². The molecule has 2 aromatic heterocycles. The van der Waals surface area contributed by atoms with E-state index in [1.54, 1.807) is 130 Å². The molecule has 12 atom stereocenters. The van der Waals surface area contributed by atoms with Crippen LogP contribution in [0.2, 0.25) is 0 Å². The maximum atomic E-state index is 15.5. The molecule has 8 amide bonds. The van der Waals surface area contributed by atoms with Crippen LogP contribution >= 0.6 is 0 Å². The van der Waals surface area contributed by atoms with Crippen LogP contribution in [0.5, 0.6) is 11.5 Å². The Kier molecular flexibility index (Phi) is 25.3. The van der Waals surface area contributed by atoms with Gasteiger partial charge in [0.2, 0.25) is 57.3 Å². The van der Waals surface area contributed by atoms with Gasteiger partial charge in [-0.15, -0.1) is 10.2 Å². The standard InChI is InChI=1S/C82H101N17O14S/c1-47(83-9)72(100)89-70(81(3,4)5)78(106)96-43-59-39-67(96)76(104)85-64(36-51-19-25-53-15-11-13-17-55(53)33-51)74(102)87-66(80(108)109)35-49-21-27-61(28-22-49)112-45-57-41-99(94-91-57)60-40-68(97(44-60)79(107)71(82(6,7)8)90-73(101)48(2)84-10)77(105)86-65(37-52-20-26-54-16-12-14-18-56(54)34-52)75(103)88-69(93-114(110,111)63-31-32-63)38-50-23-29-62(30-24-50)113-46-58-42-98(59)95-92-58/h11-30,33-34,41-42,47-48,59-60,63-71,83-84,93H,31-32,35-40,43-46H2,1-10H3,(H,85,104)(H,86,105)(H,87,102)(H,88,103)(H,89,100)(H,90,101)(H,108,109)/t47-,48-,59-,60-,64-,65-,66-,67-,68-,69+,70+,71+/m0/s1. The molecule has 6 aromatic carbocycles. The molecule has 0 spiro atoms. The van der Waals surface area contributed by atoms with Crippen molar-refractivity contribution in [1.29, 1.82) is 0 Å². The van der Waals surface area contributed by atoms with Crippen LogP contribution in [0.4, 0.5) is 0 Å². The van der Waals surface area contributed by atoms with E-state index in [4.69, 9.17) is 9.47 Å². The summed E-state index contributed by atoms with van der Waals surface area (Å²) in [6.07, 6.45) is 2.30. The zero-order chi connectivity index (χ0) is 81.5. The highest BCUT2D eigenvalue weighted by Gasteiger charge is 2.49. The molecule has 3 fully saturated rings. The molecule has 604 valence electrons. The number of aromatic nitrogens is 6. The molecule has 0 unspecified atom stereocenters. The van der Waals surface area contributed by atoms with E-state index in [0.29, 0.717) is 58.0 Å². The maximum Gasteiger partial charge on any atom is 0.326 e. The molecule has 15 rings (SSSR count). The Labute approximate surface area is 661 Å². The molecule has 12 bridgehead atoms. The van der Waals surface area contributed by atoms with Crippen molar-refractivity contribution in [2.45, 2.75) is 198 Å². The fourth-order valence-corrected chi connectivity index (χ4v) is 16.0. The summed E-state index contributed by atoms with van der Waals surface area (Å²) in [5, 5.41) is 54.6. The van der Waals surface area contributed by atoms with E-state index in [2.05, 4.69) is 67.9 Å². The Morgan fingerprint density at radius 3 is 1.36 bits per heavy atom. The molecule has 10 N–H and O–H groups in total. The smallest absolute Gasteiger partial charge is 0.326 e. The van der Waals surface area contributed by atoms with E-state index < -0.39 is 152 Å². The predicted molar refractivity (Wildman–Crippen MR) is 423 cm³/mol. The molecule has 2 saturated heterocycles.